The van der Waals surface area contributed by atoms with E-state index < -0.39 is 0 Å². The smallest absolute Gasteiger partial charge is 0.226 e. The van der Waals surface area contributed by atoms with Crippen LogP contribution in [0.15, 0.2) is 51.9 Å². The standard InChI is InChI=1S/C20H25BrN4O.HI/c1-14-4-6-16(7-5-14)13-24-20(22-3)23-11-10-19(26)25-18-9-8-17(21)12-15(18)2;/h4-9,12H,10-11,13H2,1-3H3,(H,25,26)(H2,22,23,24);1H. The summed E-state index contributed by atoms with van der Waals surface area (Å²) < 4.78 is 0.998. The molecule has 2 aromatic rings. The fraction of sp³-hybridized carbons (Fsp3) is 0.300. The molecule has 0 atom stereocenters. The Balaban J connectivity index is 0.00000364. The number of carbonyl (C=O) groups excluding carboxylic acids is 1. The zero-order valence-corrected chi connectivity index (χ0v) is 19.7. The fourth-order valence-electron chi connectivity index (χ4n) is 2.39. The van der Waals surface area contributed by atoms with Gasteiger partial charge in [-0.05, 0) is 43.2 Å². The number of carbonyl (C=O) groups is 1. The lowest BCUT2D eigenvalue weighted by molar-refractivity contribution is -0.116. The van der Waals surface area contributed by atoms with Crippen LogP contribution in [0.1, 0.15) is 23.1 Å². The fourth-order valence-corrected chi connectivity index (χ4v) is 2.86. The Morgan fingerprint density at radius 1 is 1.07 bits per heavy atom. The molecule has 1 amide bonds. The van der Waals surface area contributed by atoms with Crippen molar-refractivity contribution in [2.24, 2.45) is 4.99 Å². The zero-order valence-electron chi connectivity index (χ0n) is 15.8. The Morgan fingerprint density at radius 2 is 1.78 bits per heavy atom. The zero-order chi connectivity index (χ0) is 18.9. The molecular formula is C20H26BrIN4O. The minimum absolute atomic E-state index is 0. The van der Waals surface area contributed by atoms with E-state index in [-0.39, 0.29) is 29.9 Å². The molecule has 0 aliphatic heterocycles. The number of halogens is 2. The lowest BCUT2D eigenvalue weighted by Gasteiger charge is -2.13. The summed E-state index contributed by atoms with van der Waals surface area (Å²) in [6.45, 7) is 5.23. The molecule has 0 radical (unpaired) electrons. The van der Waals surface area contributed by atoms with Crippen molar-refractivity contribution in [3.05, 3.63) is 63.6 Å². The van der Waals surface area contributed by atoms with Gasteiger partial charge in [-0.1, -0.05) is 45.8 Å². The number of hydrogen-bond donors (Lipinski definition) is 3. The van der Waals surface area contributed by atoms with E-state index in [0.29, 0.717) is 25.5 Å². The predicted molar refractivity (Wildman–Crippen MR) is 127 cm³/mol. The molecule has 0 heterocycles. The van der Waals surface area contributed by atoms with Crippen molar-refractivity contribution in [2.45, 2.75) is 26.8 Å². The van der Waals surface area contributed by atoms with Crippen LogP contribution in [0.2, 0.25) is 0 Å². The van der Waals surface area contributed by atoms with E-state index in [1.807, 2.05) is 25.1 Å². The Bertz CT molecular complexity index is 778. The van der Waals surface area contributed by atoms with Crippen molar-refractivity contribution in [2.75, 3.05) is 18.9 Å². The van der Waals surface area contributed by atoms with Crippen molar-refractivity contribution in [3.63, 3.8) is 0 Å². The van der Waals surface area contributed by atoms with Crippen LogP contribution in [-0.2, 0) is 11.3 Å². The van der Waals surface area contributed by atoms with E-state index in [2.05, 4.69) is 68.1 Å². The molecule has 0 bridgehead atoms. The number of nitrogens with one attached hydrogen (secondary N) is 3. The monoisotopic (exact) mass is 544 g/mol. The van der Waals surface area contributed by atoms with Gasteiger partial charge in [-0.25, -0.2) is 0 Å². The number of anilines is 1. The van der Waals surface area contributed by atoms with Gasteiger partial charge in [0.15, 0.2) is 5.96 Å². The molecule has 27 heavy (non-hydrogen) atoms. The maximum Gasteiger partial charge on any atom is 0.226 e. The highest BCUT2D eigenvalue weighted by Crippen LogP contribution is 2.20. The third-order valence-corrected chi connectivity index (χ3v) is 4.40. The van der Waals surface area contributed by atoms with Crippen LogP contribution >= 0.6 is 39.9 Å². The third-order valence-electron chi connectivity index (χ3n) is 3.91. The second-order valence-electron chi connectivity index (χ2n) is 6.10. The van der Waals surface area contributed by atoms with Gasteiger partial charge in [-0.2, -0.15) is 0 Å². The SMILES string of the molecule is CN=C(NCCC(=O)Nc1ccc(Br)cc1C)NCc1ccc(C)cc1.I. The molecule has 0 aromatic heterocycles. The summed E-state index contributed by atoms with van der Waals surface area (Å²) in [5.74, 6) is 0.648. The van der Waals surface area contributed by atoms with E-state index in [1.165, 1.54) is 11.1 Å². The van der Waals surface area contributed by atoms with Gasteiger partial charge in [0.1, 0.15) is 0 Å². The molecule has 5 nitrogen and oxygen atoms in total. The summed E-state index contributed by atoms with van der Waals surface area (Å²) in [4.78, 5) is 16.3. The van der Waals surface area contributed by atoms with E-state index in [4.69, 9.17) is 0 Å². The van der Waals surface area contributed by atoms with Crippen LogP contribution in [0.3, 0.4) is 0 Å². The summed E-state index contributed by atoms with van der Waals surface area (Å²) in [5, 5.41) is 9.34. The molecule has 0 aliphatic rings. The lowest BCUT2D eigenvalue weighted by Crippen LogP contribution is -2.38. The van der Waals surface area contributed by atoms with Crippen LogP contribution in [0, 0.1) is 13.8 Å². The van der Waals surface area contributed by atoms with Gasteiger partial charge in [-0.3, -0.25) is 9.79 Å². The maximum absolute atomic E-state index is 12.1. The lowest BCUT2D eigenvalue weighted by atomic mass is 10.1. The Morgan fingerprint density at radius 3 is 2.41 bits per heavy atom. The first-order valence-corrected chi connectivity index (χ1v) is 9.33. The molecule has 146 valence electrons. The Kier molecular flexibility index (Phi) is 10.4. The molecule has 0 unspecified atom stereocenters. The second kappa shape index (κ2) is 12.0. The minimum atomic E-state index is -0.0306. The van der Waals surface area contributed by atoms with Crippen molar-refractivity contribution in [1.82, 2.24) is 10.6 Å². The number of guanidine groups is 1. The first kappa shape index (κ1) is 23.4. The van der Waals surface area contributed by atoms with Crippen molar-refractivity contribution in [3.8, 4) is 0 Å². The van der Waals surface area contributed by atoms with E-state index >= 15 is 0 Å². The van der Waals surface area contributed by atoms with E-state index in [0.717, 1.165) is 15.7 Å². The number of nitrogens with zero attached hydrogens (tertiary/aromatic N) is 1. The highest BCUT2D eigenvalue weighted by molar-refractivity contribution is 14.0. The van der Waals surface area contributed by atoms with Crippen LogP contribution in [0.4, 0.5) is 5.69 Å². The average molecular weight is 545 g/mol. The molecule has 3 N–H and O–H groups in total. The normalized spacial score (nSPS) is 10.7. The summed E-state index contributed by atoms with van der Waals surface area (Å²) >= 11 is 3.42. The number of hydrogen-bond acceptors (Lipinski definition) is 2. The van der Waals surface area contributed by atoms with E-state index in [1.54, 1.807) is 7.05 Å². The topological polar surface area (TPSA) is 65.5 Å². The van der Waals surface area contributed by atoms with Gasteiger partial charge < -0.3 is 16.0 Å². The third kappa shape index (κ3) is 8.30. The second-order valence-corrected chi connectivity index (χ2v) is 7.01. The number of aryl methyl sites for hydroxylation is 2. The maximum atomic E-state index is 12.1. The highest BCUT2D eigenvalue weighted by atomic mass is 127. The van der Waals surface area contributed by atoms with Crippen molar-refractivity contribution >= 4 is 57.5 Å². The summed E-state index contributed by atoms with van der Waals surface area (Å²) in [6, 6.07) is 14.1. The Hall–Kier alpha value is -1.61. The molecule has 7 heteroatoms. The summed E-state index contributed by atoms with van der Waals surface area (Å²) in [5.41, 5.74) is 4.28. The van der Waals surface area contributed by atoms with Crippen molar-refractivity contribution < 1.29 is 4.79 Å². The number of benzene rings is 2. The average Bonchev–Trinajstić information content (AvgIpc) is 2.61. The van der Waals surface area contributed by atoms with Gasteiger partial charge in [-0.15, -0.1) is 24.0 Å². The largest absolute Gasteiger partial charge is 0.356 e. The Labute approximate surface area is 186 Å². The quantitative estimate of drug-likeness (QED) is 0.287. The molecule has 2 rings (SSSR count). The molecule has 0 fully saturated rings. The van der Waals surface area contributed by atoms with Gasteiger partial charge >= 0.3 is 0 Å². The number of aliphatic imine (C=N–C) groups is 1. The van der Waals surface area contributed by atoms with Crippen LogP contribution in [0.25, 0.3) is 0 Å². The molecule has 0 saturated heterocycles. The van der Waals surface area contributed by atoms with Crippen LogP contribution in [0.5, 0.6) is 0 Å². The van der Waals surface area contributed by atoms with Gasteiger partial charge in [0, 0.05) is 36.7 Å². The molecule has 0 aliphatic carbocycles. The number of rotatable bonds is 6. The summed E-state index contributed by atoms with van der Waals surface area (Å²) in [7, 11) is 1.72. The first-order valence-electron chi connectivity index (χ1n) is 8.54. The van der Waals surface area contributed by atoms with E-state index in [9.17, 15) is 4.79 Å². The van der Waals surface area contributed by atoms with Gasteiger partial charge in [0.2, 0.25) is 5.91 Å². The minimum Gasteiger partial charge on any atom is -0.356 e. The highest BCUT2D eigenvalue weighted by Gasteiger charge is 2.06. The molecular weight excluding hydrogens is 519 g/mol. The predicted octanol–water partition coefficient (Wildman–Crippen LogP) is 4.38. The first-order chi connectivity index (χ1) is 12.5. The van der Waals surface area contributed by atoms with Gasteiger partial charge in [0.05, 0.1) is 0 Å². The molecule has 0 spiro atoms. The molecule has 2 aromatic carbocycles. The molecule has 0 saturated carbocycles. The summed E-state index contributed by atoms with van der Waals surface area (Å²) in [6.07, 6.45) is 0.362. The van der Waals surface area contributed by atoms with Gasteiger partial charge in [0.25, 0.3) is 0 Å². The van der Waals surface area contributed by atoms with Crippen LogP contribution in [-0.4, -0.2) is 25.5 Å². The van der Waals surface area contributed by atoms with Crippen molar-refractivity contribution in [1.29, 1.82) is 0 Å². The van der Waals surface area contributed by atoms with Crippen LogP contribution < -0.4 is 16.0 Å². The number of amides is 1.